The van der Waals surface area contributed by atoms with Crippen LogP contribution in [0, 0.1) is 0 Å². The zero-order valence-electron chi connectivity index (χ0n) is 29.7. The molecule has 3 N–H and O–H groups in total. The summed E-state index contributed by atoms with van der Waals surface area (Å²) in [5.74, 6) is 0.735. The van der Waals surface area contributed by atoms with Gasteiger partial charge in [-0.2, -0.15) is 0 Å². The lowest BCUT2D eigenvalue weighted by Gasteiger charge is -2.16. The van der Waals surface area contributed by atoms with Crippen LogP contribution in [0.15, 0.2) is 107 Å². The number of allylic oxidation sites excluding steroid dienone is 2. The Hall–Kier alpha value is -5.09. The fourth-order valence-electron chi connectivity index (χ4n) is 6.81. The monoisotopic (exact) mass is 687 g/mol. The number of carbonyl (C=O) groups excluding carboxylic acids is 1. The van der Waals surface area contributed by atoms with Crippen molar-refractivity contribution in [3.63, 3.8) is 0 Å². The molecule has 1 unspecified atom stereocenters. The Kier molecular flexibility index (Phi) is 11.7. The Bertz CT molecular complexity index is 2020. The molecule has 2 aromatic heterocycles. The van der Waals surface area contributed by atoms with E-state index in [0.29, 0.717) is 39.1 Å². The van der Waals surface area contributed by atoms with Gasteiger partial charge in [0.25, 0.3) is 0 Å². The fraction of sp³-hybridized carbons (Fsp3) is 0.317. The topological polar surface area (TPSA) is 92.8 Å². The average molecular weight is 688 g/mol. The first-order chi connectivity index (χ1) is 24.8. The van der Waals surface area contributed by atoms with E-state index in [2.05, 4.69) is 44.5 Å². The Morgan fingerprint density at radius 3 is 2.43 bits per heavy atom. The molecule has 10 heteroatoms. The highest BCUT2D eigenvalue weighted by Gasteiger charge is 2.19. The van der Waals surface area contributed by atoms with Crippen LogP contribution in [0.25, 0.3) is 27.9 Å². The minimum atomic E-state index is -1.21. The molecule has 6 rings (SSSR count). The number of nitrogens with one attached hydrogen (secondary N) is 2. The van der Waals surface area contributed by atoms with Crippen molar-refractivity contribution in [2.24, 2.45) is 4.99 Å². The molecule has 3 heterocycles. The number of hydrogen-bond acceptors (Lipinski definition) is 5. The van der Waals surface area contributed by atoms with E-state index in [4.69, 9.17) is 4.74 Å². The highest BCUT2D eigenvalue weighted by atomic mass is 19.1. The van der Waals surface area contributed by atoms with Crippen molar-refractivity contribution in [1.29, 1.82) is 0 Å². The van der Waals surface area contributed by atoms with Gasteiger partial charge < -0.3 is 33.8 Å². The SMILES string of the molecule is CB(F)n1c(/C=C2\N=C(C)C=C2C)ccc1CCC(=O)NCCCCCOc1cccc(NCC(O)Cn2c3ccccc3c3ccccc32)c1. The number of para-hydroxylation sites is 2. The van der Waals surface area contributed by atoms with Gasteiger partial charge in [0.05, 0.1) is 25.0 Å². The zero-order valence-corrected chi connectivity index (χ0v) is 29.7. The minimum absolute atomic E-state index is 0.0373. The van der Waals surface area contributed by atoms with Crippen molar-refractivity contribution in [2.45, 2.75) is 65.4 Å². The number of aliphatic hydroxyl groups is 1. The van der Waals surface area contributed by atoms with Crippen LogP contribution in [0.3, 0.4) is 0 Å². The summed E-state index contributed by atoms with van der Waals surface area (Å²) in [6.07, 6.45) is 6.72. The molecule has 5 aromatic rings. The second kappa shape index (κ2) is 16.7. The molecule has 1 atom stereocenters. The maximum atomic E-state index is 14.6. The van der Waals surface area contributed by atoms with Gasteiger partial charge in [-0.3, -0.25) is 9.79 Å². The van der Waals surface area contributed by atoms with Gasteiger partial charge >= 0.3 is 7.12 Å². The van der Waals surface area contributed by atoms with Crippen LogP contribution in [0.2, 0.25) is 6.82 Å². The molecule has 1 amide bonds. The van der Waals surface area contributed by atoms with Gasteiger partial charge in [0.2, 0.25) is 5.91 Å². The van der Waals surface area contributed by atoms with E-state index in [0.717, 1.165) is 70.1 Å². The van der Waals surface area contributed by atoms with E-state index in [-0.39, 0.29) is 5.91 Å². The smallest absolute Gasteiger partial charge is 0.462 e. The molecule has 0 saturated heterocycles. The number of anilines is 1. The van der Waals surface area contributed by atoms with Crippen LogP contribution < -0.4 is 15.4 Å². The molecule has 1 aliphatic rings. The summed E-state index contributed by atoms with van der Waals surface area (Å²) < 4.78 is 24.4. The molecule has 8 nitrogen and oxygen atoms in total. The average Bonchev–Trinajstić information content (AvgIpc) is 3.78. The van der Waals surface area contributed by atoms with Gasteiger partial charge in [0.1, 0.15) is 5.75 Å². The molecule has 3 aromatic carbocycles. The number of nitrogens with zero attached hydrogens (tertiary/aromatic N) is 3. The number of hydrogen-bond donors (Lipinski definition) is 3. The first-order valence-corrected chi connectivity index (χ1v) is 17.9. The number of aliphatic hydroxyl groups excluding tert-OH is 1. The van der Waals surface area contributed by atoms with E-state index in [1.807, 2.05) is 86.7 Å². The summed E-state index contributed by atoms with van der Waals surface area (Å²) in [5.41, 5.74) is 7.50. The molecule has 1 aliphatic heterocycles. The number of unbranched alkanes of at least 4 members (excludes halogenated alkanes) is 2. The number of aromatic nitrogens is 2. The quantitative estimate of drug-likeness (QED) is 0.0682. The normalized spacial score (nSPS) is 14.2. The van der Waals surface area contributed by atoms with Crippen LogP contribution in [-0.2, 0) is 17.8 Å². The van der Waals surface area contributed by atoms with Crippen LogP contribution in [-0.4, -0.2) is 58.7 Å². The lowest BCUT2D eigenvalue weighted by molar-refractivity contribution is -0.121. The highest BCUT2D eigenvalue weighted by Crippen LogP contribution is 2.29. The number of carbonyl (C=O) groups is 1. The number of fused-ring (bicyclic) bond motifs is 3. The summed E-state index contributed by atoms with van der Waals surface area (Å²) in [5, 5.41) is 19.7. The summed E-state index contributed by atoms with van der Waals surface area (Å²) in [6, 6.07) is 28.2. The number of rotatable bonds is 17. The molecule has 264 valence electrons. The number of amides is 1. The lowest BCUT2D eigenvalue weighted by atomic mass is 9.90. The molecule has 0 radical (unpaired) electrons. The predicted octanol–water partition coefficient (Wildman–Crippen LogP) is 8.06. The van der Waals surface area contributed by atoms with E-state index in [1.165, 1.54) is 17.6 Å². The number of halogens is 1. The number of ether oxygens (including phenoxy) is 1. The standard InChI is InChI=1S/C41H47BFN5O3/c1-29-24-30(2)46-38(29)26-33-19-18-32(48(33)42(3)43)20-21-41(50)44-22-9-4-10-23-51-35-13-11-12-31(25-35)45-27-34(49)28-47-39-16-7-5-14-36(39)37-15-6-8-17-40(37)47/h5-8,11-19,24-26,34,45,49H,4,9-10,20-23,27-28H2,1-3H3,(H,44,50)/b38-26-. The Morgan fingerprint density at radius 2 is 1.73 bits per heavy atom. The molecule has 0 fully saturated rings. The third kappa shape index (κ3) is 8.99. The third-order valence-corrected chi connectivity index (χ3v) is 9.27. The molecule has 0 saturated carbocycles. The first-order valence-electron chi connectivity index (χ1n) is 17.9. The summed E-state index contributed by atoms with van der Waals surface area (Å²) >= 11 is 0. The van der Waals surface area contributed by atoms with Crippen molar-refractivity contribution in [3.8, 4) is 5.75 Å². The largest absolute Gasteiger partial charge is 0.494 e. The molecular weight excluding hydrogens is 640 g/mol. The first kappa shape index (κ1) is 35.7. The van der Waals surface area contributed by atoms with Crippen molar-refractivity contribution >= 4 is 52.3 Å². The van der Waals surface area contributed by atoms with Crippen molar-refractivity contribution in [1.82, 2.24) is 14.4 Å². The van der Waals surface area contributed by atoms with Crippen LogP contribution in [0.5, 0.6) is 5.75 Å². The maximum Gasteiger partial charge on any atom is 0.462 e. The molecule has 0 aliphatic carbocycles. The molecular formula is C41H47BFN5O3. The van der Waals surface area contributed by atoms with Gasteiger partial charge in [-0.1, -0.05) is 42.5 Å². The second-order valence-corrected chi connectivity index (χ2v) is 13.3. The van der Waals surface area contributed by atoms with Crippen LogP contribution >= 0.6 is 0 Å². The fourth-order valence-corrected chi connectivity index (χ4v) is 6.81. The Morgan fingerprint density at radius 1 is 0.980 bits per heavy atom. The maximum absolute atomic E-state index is 14.6. The van der Waals surface area contributed by atoms with Gasteiger partial charge in [-0.25, -0.2) is 0 Å². The van der Waals surface area contributed by atoms with Gasteiger partial charge in [0, 0.05) is 70.2 Å². The Labute approximate surface area is 299 Å². The van der Waals surface area contributed by atoms with Crippen LogP contribution in [0.4, 0.5) is 10.0 Å². The summed E-state index contributed by atoms with van der Waals surface area (Å²) in [7, 11) is -1.21. The van der Waals surface area contributed by atoms with E-state index >= 15 is 0 Å². The highest BCUT2D eigenvalue weighted by molar-refractivity contribution is 6.48. The Balaban J connectivity index is 0.880. The lowest BCUT2D eigenvalue weighted by Crippen LogP contribution is -2.26. The predicted molar refractivity (Wildman–Crippen MR) is 208 cm³/mol. The summed E-state index contributed by atoms with van der Waals surface area (Å²) in [6.45, 7) is 7.51. The van der Waals surface area contributed by atoms with E-state index < -0.39 is 13.2 Å². The minimum Gasteiger partial charge on any atom is -0.494 e. The summed E-state index contributed by atoms with van der Waals surface area (Å²) in [4.78, 5) is 17.1. The van der Waals surface area contributed by atoms with Crippen molar-refractivity contribution in [2.75, 3.05) is 25.0 Å². The third-order valence-electron chi connectivity index (χ3n) is 9.27. The molecule has 0 spiro atoms. The van der Waals surface area contributed by atoms with E-state index in [1.54, 1.807) is 4.48 Å². The molecule has 0 bridgehead atoms. The number of aliphatic imine (C=N–C) groups is 1. The number of aryl methyl sites for hydroxylation is 1. The van der Waals surface area contributed by atoms with E-state index in [9.17, 15) is 14.2 Å². The van der Waals surface area contributed by atoms with Gasteiger partial charge in [-0.15, -0.1) is 0 Å². The van der Waals surface area contributed by atoms with Gasteiger partial charge in [0.15, 0.2) is 0 Å². The van der Waals surface area contributed by atoms with Crippen LogP contribution in [0.1, 0.15) is 50.9 Å². The van der Waals surface area contributed by atoms with Gasteiger partial charge in [-0.05, 0) is 100 Å². The molecule has 51 heavy (non-hydrogen) atoms. The number of benzene rings is 3. The second-order valence-electron chi connectivity index (χ2n) is 13.3. The van der Waals surface area contributed by atoms with Crippen molar-refractivity contribution < 1.29 is 19.0 Å². The zero-order chi connectivity index (χ0) is 35.7. The van der Waals surface area contributed by atoms with Crippen molar-refractivity contribution in [3.05, 3.63) is 114 Å².